The molecule has 138 valence electrons. The van der Waals surface area contributed by atoms with Crippen LogP contribution in [0.5, 0.6) is 5.75 Å². The maximum Gasteiger partial charge on any atom is 0.257 e. The van der Waals surface area contributed by atoms with Crippen molar-refractivity contribution in [3.63, 3.8) is 0 Å². The lowest BCUT2D eigenvalue weighted by Crippen LogP contribution is -2.52. The van der Waals surface area contributed by atoms with E-state index in [2.05, 4.69) is 13.8 Å². The van der Waals surface area contributed by atoms with Crippen molar-refractivity contribution >= 4 is 11.8 Å². The maximum atomic E-state index is 12.9. The van der Waals surface area contributed by atoms with E-state index in [9.17, 15) is 9.59 Å². The van der Waals surface area contributed by atoms with Crippen molar-refractivity contribution in [2.24, 2.45) is 5.92 Å². The van der Waals surface area contributed by atoms with E-state index in [-0.39, 0.29) is 17.7 Å². The Labute approximate surface area is 150 Å². The summed E-state index contributed by atoms with van der Waals surface area (Å²) in [6, 6.07) is 3.90. The Morgan fingerprint density at radius 3 is 2.12 bits per heavy atom. The van der Waals surface area contributed by atoms with Gasteiger partial charge in [0.05, 0.1) is 12.7 Å². The van der Waals surface area contributed by atoms with Crippen molar-refractivity contribution in [3.8, 4) is 5.75 Å². The Morgan fingerprint density at radius 2 is 1.60 bits per heavy atom. The van der Waals surface area contributed by atoms with Crippen LogP contribution in [0.4, 0.5) is 0 Å². The molecule has 1 aliphatic heterocycles. The summed E-state index contributed by atoms with van der Waals surface area (Å²) in [5, 5.41) is 0. The van der Waals surface area contributed by atoms with E-state index in [1.807, 2.05) is 35.8 Å². The quantitative estimate of drug-likeness (QED) is 0.823. The second-order valence-corrected chi connectivity index (χ2v) is 6.79. The smallest absolute Gasteiger partial charge is 0.257 e. The van der Waals surface area contributed by atoms with Crippen LogP contribution in [0.2, 0.25) is 0 Å². The summed E-state index contributed by atoms with van der Waals surface area (Å²) in [7, 11) is 1.60. The van der Waals surface area contributed by atoms with Gasteiger partial charge in [-0.1, -0.05) is 19.9 Å². The average molecular weight is 346 g/mol. The molecule has 2 amide bonds. The second-order valence-electron chi connectivity index (χ2n) is 6.79. The lowest BCUT2D eigenvalue weighted by atomic mass is 10.0. The molecule has 0 aromatic heterocycles. The molecular formula is C20H30N2O3. The molecule has 1 aliphatic rings. The number of ether oxygens (including phenoxy) is 1. The number of nitrogens with zero attached hydrogens (tertiary/aromatic N) is 2. The van der Waals surface area contributed by atoms with Gasteiger partial charge < -0.3 is 14.5 Å². The minimum Gasteiger partial charge on any atom is -0.496 e. The maximum absolute atomic E-state index is 12.9. The van der Waals surface area contributed by atoms with Gasteiger partial charge in [0.2, 0.25) is 5.91 Å². The van der Waals surface area contributed by atoms with Crippen LogP contribution < -0.4 is 4.74 Å². The number of carbonyl (C=O) groups excluding carboxylic acids is 2. The summed E-state index contributed by atoms with van der Waals surface area (Å²) in [6.45, 7) is 10.4. The summed E-state index contributed by atoms with van der Waals surface area (Å²) >= 11 is 0. The van der Waals surface area contributed by atoms with Crippen LogP contribution in [0, 0.1) is 19.8 Å². The summed E-state index contributed by atoms with van der Waals surface area (Å²) in [5.41, 5.74) is 2.62. The number of amides is 2. The molecule has 0 aliphatic carbocycles. The van der Waals surface area contributed by atoms with Crippen molar-refractivity contribution in [3.05, 3.63) is 28.8 Å². The molecule has 0 radical (unpaired) electrons. The van der Waals surface area contributed by atoms with Gasteiger partial charge in [-0.05, 0) is 43.9 Å². The number of aryl methyl sites for hydroxylation is 2. The first-order chi connectivity index (χ1) is 11.9. The van der Waals surface area contributed by atoms with E-state index < -0.39 is 0 Å². The van der Waals surface area contributed by atoms with E-state index in [4.69, 9.17) is 4.74 Å². The summed E-state index contributed by atoms with van der Waals surface area (Å²) in [5.74, 6) is 0.951. The number of hydrogen-bond donors (Lipinski definition) is 0. The monoisotopic (exact) mass is 346 g/mol. The number of methoxy groups -OCH3 is 1. The molecule has 5 heteroatoms. The molecule has 1 saturated heterocycles. The highest BCUT2D eigenvalue weighted by Crippen LogP contribution is 2.27. The Balaban J connectivity index is 2.09. The zero-order chi connectivity index (χ0) is 18.6. The van der Waals surface area contributed by atoms with Gasteiger partial charge in [0.25, 0.3) is 5.91 Å². The molecule has 25 heavy (non-hydrogen) atoms. The zero-order valence-corrected chi connectivity index (χ0v) is 16.1. The molecule has 2 rings (SSSR count). The molecule has 1 heterocycles. The molecule has 1 aromatic rings. The molecule has 1 fully saturated rings. The fraction of sp³-hybridized carbons (Fsp3) is 0.600. The van der Waals surface area contributed by atoms with Crippen molar-refractivity contribution < 1.29 is 14.3 Å². The zero-order valence-electron chi connectivity index (χ0n) is 16.1. The standard InChI is InChI=1S/C20H30N2O3/c1-6-16(7-2)19(23)21-8-10-22(11-9-21)20(24)17-13-14(3)12-15(4)18(17)25-5/h12-13,16H,6-11H2,1-5H3. The van der Waals surface area contributed by atoms with Crippen LogP contribution in [-0.2, 0) is 4.79 Å². The van der Waals surface area contributed by atoms with Crippen molar-refractivity contribution in [2.45, 2.75) is 40.5 Å². The first kappa shape index (κ1) is 19.3. The van der Waals surface area contributed by atoms with Crippen LogP contribution in [-0.4, -0.2) is 54.9 Å². The van der Waals surface area contributed by atoms with Gasteiger partial charge in [0.1, 0.15) is 5.75 Å². The van der Waals surface area contributed by atoms with Gasteiger partial charge in [0.15, 0.2) is 0 Å². The minimum absolute atomic E-state index is 0.0155. The van der Waals surface area contributed by atoms with Gasteiger partial charge in [0, 0.05) is 32.1 Å². The van der Waals surface area contributed by atoms with E-state index in [1.165, 1.54) is 0 Å². The Hall–Kier alpha value is -2.04. The molecule has 0 bridgehead atoms. The Morgan fingerprint density at radius 1 is 1.04 bits per heavy atom. The van der Waals surface area contributed by atoms with Crippen LogP contribution in [0.15, 0.2) is 12.1 Å². The SMILES string of the molecule is CCC(CC)C(=O)N1CCN(C(=O)c2cc(C)cc(C)c2OC)CC1. The predicted octanol–water partition coefficient (Wildman–Crippen LogP) is 3.03. The van der Waals surface area contributed by atoms with E-state index in [0.717, 1.165) is 24.0 Å². The van der Waals surface area contributed by atoms with Gasteiger partial charge in [-0.2, -0.15) is 0 Å². The topological polar surface area (TPSA) is 49.9 Å². The second kappa shape index (κ2) is 8.37. The summed E-state index contributed by atoms with van der Waals surface area (Å²) in [4.78, 5) is 29.2. The van der Waals surface area contributed by atoms with E-state index >= 15 is 0 Å². The average Bonchev–Trinajstić information content (AvgIpc) is 2.61. The lowest BCUT2D eigenvalue weighted by molar-refractivity contribution is -0.137. The third-order valence-electron chi connectivity index (χ3n) is 5.07. The van der Waals surface area contributed by atoms with Gasteiger partial charge in [-0.15, -0.1) is 0 Å². The molecule has 0 N–H and O–H groups in total. The van der Waals surface area contributed by atoms with E-state index in [0.29, 0.717) is 37.5 Å². The Kier molecular flexibility index (Phi) is 6.45. The highest BCUT2D eigenvalue weighted by Gasteiger charge is 2.29. The third-order valence-corrected chi connectivity index (χ3v) is 5.07. The fourth-order valence-electron chi connectivity index (χ4n) is 3.58. The van der Waals surface area contributed by atoms with Gasteiger partial charge in [-0.3, -0.25) is 9.59 Å². The number of rotatable bonds is 5. The third kappa shape index (κ3) is 4.14. The molecule has 5 nitrogen and oxygen atoms in total. The van der Waals surface area contributed by atoms with Crippen LogP contribution in [0.1, 0.15) is 48.2 Å². The first-order valence-electron chi connectivity index (χ1n) is 9.16. The Bertz CT molecular complexity index is 630. The molecule has 0 saturated carbocycles. The van der Waals surface area contributed by atoms with Crippen molar-refractivity contribution in [1.82, 2.24) is 9.80 Å². The lowest BCUT2D eigenvalue weighted by Gasteiger charge is -2.36. The number of piperazine rings is 1. The summed E-state index contributed by atoms with van der Waals surface area (Å²) in [6.07, 6.45) is 1.74. The minimum atomic E-state index is -0.0155. The highest BCUT2D eigenvalue weighted by atomic mass is 16.5. The highest BCUT2D eigenvalue weighted by molar-refractivity contribution is 5.97. The van der Waals surface area contributed by atoms with Crippen molar-refractivity contribution in [1.29, 1.82) is 0 Å². The fourth-order valence-corrected chi connectivity index (χ4v) is 3.58. The molecule has 0 spiro atoms. The van der Waals surface area contributed by atoms with Crippen LogP contribution in [0.3, 0.4) is 0 Å². The molecular weight excluding hydrogens is 316 g/mol. The number of benzene rings is 1. The normalized spacial score (nSPS) is 14.8. The van der Waals surface area contributed by atoms with Crippen LogP contribution in [0.25, 0.3) is 0 Å². The summed E-state index contributed by atoms with van der Waals surface area (Å²) < 4.78 is 5.45. The van der Waals surface area contributed by atoms with E-state index in [1.54, 1.807) is 7.11 Å². The predicted molar refractivity (Wildman–Crippen MR) is 99.0 cm³/mol. The first-order valence-corrected chi connectivity index (χ1v) is 9.16. The molecule has 0 unspecified atom stereocenters. The number of carbonyl (C=O) groups is 2. The molecule has 0 atom stereocenters. The number of hydrogen-bond acceptors (Lipinski definition) is 3. The van der Waals surface area contributed by atoms with Crippen molar-refractivity contribution in [2.75, 3.05) is 33.3 Å². The largest absolute Gasteiger partial charge is 0.496 e. The van der Waals surface area contributed by atoms with Gasteiger partial charge in [-0.25, -0.2) is 0 Å². The van der Waals surface area contributed by atoms with Gasteiger partial charge >= 0.3 is 0 Å². The van der Waals surface area contributed by atoms with Crippen LogP contribution >= 0.6 is 0 Å². The molecule has 1 aromatic carbocycles.